The molecular weight excluding hydrogens is 980 g/mol. The standard InChI is InChI=1S/C48H38N4O14P4/c53-34-19-4-10-25-40(34)59-46-31-16-32-47(48(46)60-41-26-11-5-20-35(41)54)64-68-49-67-50(62-42-27-12-6-21-36(42)55)69(65-44-29-14-8-23-38(44)57)52(63-43-28-13-7-22-37(43)56)70(66-45-30-15-9-24-39(45)58)51(68)61-33-17-2-1-3-18-33/h1-32,53-58H. The van der Waals surface area contributed by atoms with Gasteiger partial charge in [-0.25, -0.2) is 0 Å². The molecule has 22 heteroatoms. The van der Waals surface area contributed by atoms with E-state index in [9.17, 15) is 30.6 Å². The van der Waals surface area contributed by atoms with E-state index < -0.39 is 24.2 Å². The number of ether oxygens (including phenoxy) is 2. The lowest BCUT2D eigenvalue weighted by Crippen LogP contribution is -2.17. The third kappa shape index (κ3) is 10.9. The number of phenolic OH excluding ortho intramolecular Hbond substituents is 6. The molecule has 3 unspecified atom stereocenters. The smallest absolute Gasteiger partial charge is 0.322 e. The number of aromatic nitrogens is 4. The Balaban J connectivity index is 1.39. The molecule has 0 aliphatic carbocycles. The molecule has 18 nitrogen and oxygen atoms in total. The Kier molecular flexibility index (Phi) is 14.3. The van der Waals surface area contributed by atoms with Crippen LogP contribution in [-0.2, 0) is 0 Å². The fourth-order valence-electron chi connectivity index (χ4n) is 6.00. The van der Waals surface area contributed by atoms with E-state index in [0.717, 1.165) is 0 Å². The van der Waals surface area contributed by atoms with Gasteiger partial charge in [-0.15, -0.1) is 4.51 Å². The lowest BCUT2D eigenvalue weighted by molar-refractivity contribution is 0.211. The molecule has 0 aliphatic rings. The van der Waals surface area contributed by atoms with Gasteiger partial charge in [0, 0.05) is 0 Å². The first-order chi connectivity index (χ1) is 34.2. The molecule has 0 saturated heterocycles. The van der Waals surface area contributed by atoms with Crippen molar-refractivity contribution >= 4 is 32.7 Å². The fraction of sp³-hybridized carbons (Fsp3) is 0. The molecule has 0 spiro atoms. The lowest BCUT2D eigenvalue weighted by atomic mass is 10.2. The Bertz CT molecular complexity index is 3360. The minimum atomic E-state index is -2.85. The zero-order chi connectivity index (χ0) is 48.4. The number of phenols is 6. The van der Waals surface area contributed by atoms with Gasteiger partial charge in [0.1, 0.15) is 0 Å². The molecule has 0 bridgehead atoms. The van der Waals surface area contributed by atoms with Crippen LogP contribution in [0.15, 0.2) is 194 Å². The highest BCUT2D eigenvalue weighted by Crippen LogP contribution is 2.52. The minimum absolute atomic E-state index is 0.0140. The van der Waals surface area contributed by atoms with Gasteiger partial charge >= 0.3 is 24.2 Å². The van der Waals surface area contributed by atoms with Gasteiger partial charge in [-0.2, -0.15) is 0 Å². The second-order valence-corrected chi connectivity index (χ2v) is 20.2. The van der Waals surface area contributed by atoms with E-state index in [4.69, 9.17) is 42.1 Å². The van der Waals surface area contributed by atoms with E-state index in [1.54, 1.807) is 127 Å². The van der Waals surface area contributed by atoms with Crippen LogP contribution < -0.4 is 37.6 Å². The topological polar surface area (TPSA) is 223 Å². The van der Waals surface area contributed by atoms with Crippen LogP contribution in [0.1, 0.15) is 0 Å². The highest BCUT2D eigenvalue weighted by Gasteiger charge is 2.28. The second-order valence-electron chi connectivity index (χ2n) is 14.1. The SMILES string of the molecule is Oc1ccccc1Oc1cccc(Op2npn(Oc3ccccc3O)p(Oc3ccccc3O)n(Oc3ccccc3O)p(Oc3ccccc3O)n2Oc2ccccc2)c1Oc1ccccc1O. The van der Waals surface area contributed by atoms with Crippen molar-refractivity contribution in [3.8, 4) is 92.0 Å². The summed E-state index contributed by atoms with van der Waals surface area (Å²) in [7, 11) is -8.34. The maximum Gasteiger partial charge on any atom is 0.322 e. The molecule has 354 valence electrons. The van der Waals surface area contributed by atoms with Crippen molar-refractivity contribution in [3.05, 3.63) is 194 Å². The third-order valence-corrected chi connectivity index (χ3v) is 16.0. The molecule has 0 radical (unpaired) electrons. The molecule has 6 N–H and O–H groups in total. The summed E-state index contributed by atoms with van der Waals surface area (Å²) in [6.07, 6.45) is 0. The number of para-hydroxylation sites is 14. The van der Waals surface area contributed by atoms with Crippen molar-refractivity contribution in [3.63, 3.8) is 0 Å². The number of rotatable bonds is 16. The third-order valence-electron chi connectivity index (χ3n) is 9.32. The summed E-state index contributed by atoms with van der Waals surface area (Å²) in [4.78, 5) is 19.9. The van der Waals surface area contributed by atoms with Crippen LogP contribution in [-0.4, -0.2) is 47.9 Å². The van der Waals surface area contributed by atoms with E-state index in [-0.39, 0.29) is 101 Å². The van der Waals surface area contributed by atoms with Gasteiger partial charge < -0.3 is 68.2 Å². The van der Waals surface area contributed by atoms with Crippen LogP contribution in [0.4, 0.5) is 0 Å². The predicted molar refractivity (Wildman–Crippen MR) is 262 cm³/mol. The van der Waals surface area contributed by atoms with Gasteiger partial charge in [0.2, 0.25) is 5.75 Å². The molecule has 0 amide bonds. The summed E-state index contributed by atoms with van der Waals surface area (Å²) in [6.45, 7) is 0. The number of hydrogen-bond donors (Lipinski definition) is 6. The summed E-state index contributed by atoms with van der Waals surface area (Å²) in [5.41, 5.74) is 0. The van der Waals surface area contributed by atoms with Crippen LogP contribution in [0.25, 0.3) is 0 Å². The van der Waals surface area contributed by atoms with E-state index in [0.29, 0.717) is 0 Å². The molecule has 9 rings (SSSR count). The van der Waals surface area contributed by atoms with E-state index >= 15 is 0 Å². The highest BCUT2D eigenvalue weighted by molar-refractivity contribution is 7.57. The van der Waals surface area contributed by atoms with Crippen molar-refractivity contribution in [2.24, 2.45) is 0 Å². The first-order valence-electron chi connectivity index (χ1n) is 20.7. The van der Waals surface area contributed by atoms with E-state index in [1.165, 1.54) is 79.5 Å². The molecule has 70 heavy (non-hydrogen) atoms. The van der Waals surface area contributed by atoms with Crippen LogP contribution in [0.2, 0.25) is 0 Å². The number of aromatic hydroxyl groups is 6. The summed E-state index contributed by atoms with van der Waals surface area (Å²) in [6, 6.07) is 50.3. The summed E-state index contributed by atoms with van der Waals surface area (Å²) < 4.78 is 41.7. The molecule has 0 saturated carbocycles. The average molecular weight is 1020 g/mol. The van der Waals surface area contributed by atoms with Gasteiger partial charge in [-0.3, -0.25) is 0 Å². The van der Waals surface area contributed by atoms with Crippen LogP contribution in [0.3, 0.4) is 0 Å². The molecule has 8 aromatic carbocycles. The minimum Gasteiger partial charge on any atom is -0.504 e. The lowest BCUT2D eigenvalue weighted by Gasteiger charge is -2.24. The van der Waals surface area contributed by atoms with Gasteiger partial charge in [-0.1, -0.05) is 101 Å². The zero-order valence-corrected chi connectivity index (χ0v) is 39.6. The molecule has 1 aromatic heterocycles. The Labute approximate surface area is 402 Å². The van der Waals surface area contributed by atoms with Crippen LogP contribution in [0, 0.1) is 0 Å². The van der Waals surface area contributed by atoms with Crippen LogP contribution in [0.5, 0.6) is 92.0 Å². The fourth-order valence-corrected chi connectivity index (χ4v) is 13.2. The number of hydrogen-bond acceptors (Lipinski definition) is 15. The Hall–Kier alpha value is -8.64. The van der Waals surface area contributed by atoms with Crippen molar-refractivity contribution < 1.29 is 68.2 Å². The number of nitrogens with zero attached hydrogens (tertiary/aromatic N) is 4. The van der Waals surface area contributed by atoms with Crippen LogP contribution >= 0.6 is 32.7 Å². The summed E-state index contributed by atoms with van der Waals surface area (Å²) in [5.74, 6) is -1.58. The molecule has 0 aliphatic heterocycles. The van der Waals surface area contributed by atoms with Crippen molar-refractivity contribution in [2.75, 3.05) is 0 Å². The summed E-state index contributed by atoms with van der Waals surface area (Å²) >= 11 is 0. The van der Waals surface area contributed by atoms with Gasteiger partial charge in [0.15, 0.2) is 94.8 Å². The summed E-state index contributed by atoms with van der Waals surface area (Å²) in [5, 5.41) is 66.6. The Morgan fingerprint density at radius 2 is 0.757 bits per heavy atom. The van der Waals surface area contributed by atoms with E-state index in [1.807, 2.05) is 0 Å². The average Bonchev–Trinajstić information content (AvgIpc) is 3.36. The number of benzene rings is 8. The normalized spacial score (nSPS) is 11.5. The molecule has 1 heterocycles. The van der Waals surface area contributed by atoms with Gasteiger partial charge in [-0.05, 0) is 106 Å². The monoisotopic (exact) mass is 1020 g/mol. The molecule has 9 aromatic rings. The molecule has 3 atom stereocenters. The predicted octanol–water partition coefficient (Wildman–Crippen LogP) is 13.1. The Morgan fingerprint density at radius 1 is 0.343 bits per heavy atom. The first kappa shape index (κ1) is 46.5. The van der Waals surface area contributed by atoms with Gasteiger partial charge in [0.25, 0.3) is 0 Å². The van der Waals surface area contributed by atoms with Crippen molar-refractivity contribution in [2.45, 2.75) is 0 Å². The van der Waals surface area contributed by atoms with E-state index in [2.05, 4.69) is 0 Å². The first-order valence-corrected chi connectivity index (χ1v) is 25.0. The molecule has 0 fully saturated rings. The Morgan fingerprint density at radius 3 is 1.29 bits per heavy atom. The van der Waals surface area contributed by atoms with Crippen molar-refractivity contribution in [1.29, 1.82) is 0 Å². The quantitative estimate of drug-likeness (QED) is 0.0530. The second kappa shape index (κ2) is 21.5. The maximum atomic E-state index is 11.3. The highest BCUT2D eigenvalue weighted by atomic mass is 31.2. The maximum absolute atomic E-state index is 11.3. The van der Waals surface area contributed by atoms with Crippen molar-refractivity contribution in [1.82, 2.24) is 17.3 Å². The molecular formula is C48H38N4O14P4. The van der Waals surface area contributed by atoms with Gasteiger partial charge in [0.05, 0.1) is 0 Å². The largest absolute Gasteiger partial charge is 0.504 e. The zero-order valence-electron chi connectivity index (χ0n) is 36.0.